The second-order valence-electron chi connectivity index (χ2n) is 6.27. The van der Waals surface area contributed by atoms with Crippen LogP contribution in [-0.2, 0) is 6.42 Å². The number of aliphatic hydroxyl groups excluding tert-OH is 1. The van der Waals surface area contributed by atoms with Crippen molar-refractivity contribution in [2.75, 3.05) is 19.6 Å². The van der Waals surface area contributed by atoms with Crippen molar-refractivity contribution in [2.45, 2.75) is 25.4 Å². The van der Waals surface area contributed by atoms with Crippen molar-refractivity contribution in [3.8, 4) is 0 Å². The highest BCUT2D eigenvalue weighted by Gasteiger charge is 2.25. The van der Waals surface area contributed by atoms with Gasteiger partial charge in [0.25, 0.3) is 0 Å². The Morgan fingerprint density at radius 1 is 0.909 bits per heavy atom. The molecule has 3 rings (SSSR count). The molecule has 1 saturated heterocycles. The number of piperidine rings is 1. The van der Waals surface area contributed by atoms with Crippen LogP contribution in [0.2, 0.25) is 0 Å². The van der Waals surface area contributed by atoms with Gasteiger partial charge < -0.3 is 10.0 Å². The van der Waals surface area contributed by atoms with E-state index in [9.17, 15) is 5.11 Å². The van der Waals surface area contributed by atoms with Crippen molar-refractivity contribution >= 4 is 0 Å². The summed E-state index contributed by atoms with van der Waals surface area (Å²) in [7, 11) is 0. The molecule has 0 unspecified atom stereocenters. The third kappa shape index (κ3) is 3.96. The van der Waals surface area contributed by atoms with E-state index < -0.39 is 0 Å². The summed E-state index contributed by atoms with van der Waals surface area (Å²) in [5, 5.41) is 10.5. The minimum Gasteiger partial charge on any atom is -0.388 e. The van der Waals surface area contributed by atoms with Crippen molar-refractivity contribution < 1.29 is 5.11 Å². The molecule has 1 aliphatic rings. The van der Waals surface area contributed by atoms with E-state index in [1.54, 1.807) is 0 Å². The zero-order valence-corrected chi connectivity index (χ0v) is 13.1. The van der Waals surface area contributed by atoms with Gasteiger partial charge in [-0.25, -0.2) is 0 Å². The molecule has 0 spiro atoms. The molecule has 1 heterocycles. The van der Waals surface area contributed by atoms with E-state index in [0.717, 1.165) is 44.5 Å². The molecular weight excluding hydrogens is 270 g/mol. The number of nitrogens with zero attached hydrogens (tertiary/aromatic N) is 1. The molecule has 2 aromatic carbocycles. The Hall–Kier alpha value is -1.64. The minimum absolute atomic E-state index is 0.308. The molecule has 0 bridgehead atoms. The van der Waals surface area contributed by atoms with Gasteiger partial charge >= 0.3 is 0 Å². The highest BCUT2D eigenvalue weighted by molar-refractivity contribution is 5.18. The van der Waals surface area contributed by atoms with Crippen molar-refractivity contribution in [3.05, 3.63) is 71.8 Å². The van der Waals surface area contributed by atoms with Gasteiger partial charge in [-0.2, -0.15) is 0 Å². The van der Waals surface area contributed by atoms with Crippen LogP contribution in [0.3, 0.4) is 0 Å². The summed E-state index contributed by atoms with van der Waals surface area (Å²) in [4.78, 5) is 2.53. The van der Waals surface area contributed by atoms with Gasteiger partial charge in [-0.1, -0.05) is 60.7 Å². The molecule has 116 valence electrons. The summed E-state index contributed by atoms with van der Waals surface area (Å²) >= 11 is 0. The van der Waals surface area contributed by atoms with Crippen molar-refractivity contribution in [2.24, 2.45) is 5.92 Å². The fourth-order valence-corrected chi connectivity index (χ4v) is 3.35. The van der Waals surface area contributed by atoms with Crippen LogP contribution >= 0.6 is 0 Å². The predicted molar refractivity (Wildman–Crippen MR) is 90.7 cm³/mol. The second-order valence-corrected chi connectivity index (χ2v) is 6.27. The maximum Gasteiger partial charge on any atom is 0.0819 e. The Balaban J connectivity index is 1.46. The van der Waals surface area contributed by atoms with Crippen LogP contribution in [0.5, 0.6) is 0 Å². The van der Waals surface area contributed by atoms with E-state index in [1.807, 2.05) is 30.3 Å². The molecule has 2 nitrogen and oxygen atoms in total. The maximum atomic E-state index is 10.5. The lowest BCUT2D eigenvalue weighted by Crippen LogP contribution is -2.36. The Kier molecular flexibility index (Phi) is 5.25. The largest absolute Gasteiger partial charge is 0.388 e. The molecule has 0 aromatic heterocycles. The summed E-state index contributed by atoms with van der Waals surface area (Å²) in [6.07, 6.45) is 2.99. The van der Waals surface area contributed by atoms with Crippen LogP contribution in [0, 0.1) is 5.92 Å². The summed E-state index contributed by atoms with van der Waals surface area (Å²) < 4.78 is 0. The van der Waals surface area contributed by atoms with Crippen LogP contribution in [0.1, 0.15) is 30.1 Å². The average molecular weight is 295 g/mol. The Labute approximate surface area is 133 Å². The van der Waals surface area contributed by atoms with Gasteiger partial charge in [-0.05, 0) is 49.4 Å². The van der Waals surface area contributed by atoms with Crippen LogP contribution in [0.15, 0.2) is 60.7 Å². The van der Waals surface area contributed by atoms with E-state index in [-0.39, 0.29) is 6.10 Å². The number of likely N-dealkylation sites (tertiary alicyclic amines) is 1. The molecule has 2 heteroatoms. The predicted octanol–water partition coefficient (Wildman–Crippen LogP) is 3.67. The fourth-order valence-electron chi connectivity index (χ4n) is 3.35. The molecule has 0 saturated carbocycles. The first kappa shape index (κ1) is 15.3. The first-order valence-corrected chi connectivity index (χ1v) is 8.32. The maximum absolute atomic E-state index is 10.5. The lowest BCUT2D eigenvalue weighted by Gasteiger charge is -2.34. The Bertz CT molecular complexity index is 546. The van der Waals surface area contributed by atoms with Gasteiger partial charge in [-0.3, -0.25) is 0 Å². The number of hydrogen-bond donors (Lipinski definition) is 1. The first-order chi connectivity index (χ1) is 10.8. The summed E-state index contributed by atoms with van der Waals surface area (Å²) in [6, 6.07) is 20.8. The quantitative estimate of drug-likeness (QED) is 0.909. The van der Waals surface area contributed by atoms with Gasteiger partial charge in [0.1, 0.15) is 0 Å². The van der Waals surface area contributed by atoms with Gasteiger partial charge in [0, 0.05) is 6.54 Å². The SMILES string of the molecule is O[C@H](c1ccccc1)C1CCN(CCc2ccccc2)CC1. The van der Waals surface area contributed by atoms with E-state index >= 15 is 0 Å². The highest BCUT2D eigenvalue weighted by Crippen LogP contribution is 2.30. The normalized spacial score (nSPS) is 18.2. The van der Waals surface area contributed by atoms with Crippen LogP contribution in [0.25, 0.3) is 0 Å². The van der Waals surface area contributed by atoms with E-state index in [2.05, 4.69) is 35.2 Å². The molecule has 22 heavy (non-hydrogen) atoms. The van der Waals surface area contributed by atoms with Crippen molar-refractivity contribution in [3.63, 3.8) is 0 Å². The van der Waals surface area contributed by atoms with Gasteiger partial charge in [0.05, 0.1) is 6.10 Å². The van der Waals surface area contributed by atoms with Crippen LogP contribution < -0.4 is 0 Å². The zero-order valence-electron chi connectivity index (χ0n) is 13.1. The molecule has 1 N–H and O–H groups in total. The number of rotatable bonds is 5. The van der Waals surface area contributed by atoms with Gasteiger partial charge in [0.15, 0.2) is 0 Å². The van der Waals surface area contributed by atoms with Crippen molar-refractivity contribution in [1.29, 1.82) is 0 Å². The number of benzene rings is 2. The summed E-state index contributed by atoms with van der Waals surface area (Å²) in [5.74, 6) is 0.398. The van der Waals surface area contributed by atoms with E-state index in [0.29, 0.717) is 5.92 Å². The summed E-state index contributed by atoms with van der Waals surface area (Å²) in [6.45, 7) is 3.32. The first-order valence-electron chi connectivity index (χ1n) is 8.32. The van der Waals surface area contributed by atoms with Gasteiger partial charge in [0.2, 0.25) is 0 Å². The Morgan fingerprint density at radius 2 is 1.50 bits per heavy atom. The zero-order chi connectivity index (χ0) is 15.2. The molecule has 1 atom stereocenters. The Morgan fingerprint density at radius 3 is 2.14 bits per heavy atom. The van der Waals surface area contributed by atoms with E-state index in [1.165, 1.54) is 5.56 Å². The molecular formula is C20H25NO. The molecule has 2 aromatic rings. The average Bonchev–Trinajstić information content (AvgIpc) is 2.61. The molecule has 1 fully saturated rings. The summed E-state index contributed by atoms with van der Waals surface area (Å²) in [5.41, 5.74) is 2.47. The lowest BCUT2D eigenvalue weighted by atomic mass is 9.87. The third-order valence-electron chi connectivity index (χ3n) is 4.78. The minimum atomic E-state index is -0.308. The lowest BCUT2D eigenvalue weighted by molar-refractivity contribution is 0.0592. The number of hydrogen-bond acceptors (Lipinski definition) is 2. The molecule has 0 aliphatic carbocycles. The van der Waals surface area contributed by atoms with Gasteiger partial charge in [-0.15, -0.1) is 0 Å². The second kappa shape index (κ2) is 7.57. The molecule has 0 radical (unpaired) electrons. The van der Waals surface area contributed by atoms with Crippen molar-refractivity contribution in [1.82, 2.24) is 4.90 Å². The number of aliphatic hydroxyl groups is 1. The standard InChI is InChI=1S/C20H25NO/c22-20(18-9-5-2-6-10-18)19-12-15-21(16-13-19)14-11-17-7-3-1-4-8-17/h1-10,19-20,22H,11-16H2/t20-/m1/s1. The topological polar surface area (TPSA) is 23.5 Å². The van der Waals surface area contributed by atoms with Crippen LogP contribution in [0.4, 0.5) is 0 Å². The third-order valence-corrected chi connectivity index (χ3v) is 4.78. The smallest absolute Gasteiger partial charge is 0.0819 e. The monoisotopic (exact) mass is 295 g/mol. The molecule has 0 amide bonds. The van der Waals surface area contributed by atoms with E-state index in [4.69, 9.17) is 0 Å². The molecule has 1 aliphatic heterocycles. The highest BCUT2D eigenvalue weighted by atomic mass is 16.3. The van der Waals surface area contributed by atoms with Crippen LogP contribution in [-0.4, -0.2) is 29.6 Å². The fraction of sp³-hybridized carbons (Fsp3) is 0.400.